The minimum absolute atomic E-state index is 0.232. The molecule has 0 bridgehead atoms. The van der Waals surface area contributed by atoms with Gasteiger partial charge in [0.1, 0.15) is 5.76 Å². The fourth-order valence-corrected chi connectivity index (χ4v) is 2.38. The summed E-state index contributed by atoms with van der Waals surface area (Å²) in [6.45, 7) is 2.20. The molecule has 15 heavy (non-hydrogen) atoms. The standard InChI is InChI=1S/C12H20N2O/c1-14(2)12(6-4-7-13-10-12)9-11-5-3-8-15-11/h3,5,8,13H,4,6-7,9-10H2,1-2H3. The molecule has 0 aliphatic carbocycles. The first kappa shape index (κ1) is 10.7. The molecule has 1 unspecified atom stereocenters. The van der Waals surface area contributed by atoms with E-state index in [0.29, 0.717) is 0 Å². The van der Waals surface area contributed by atoms with E-state index in [1.165, 1.54) is 12.8 Å². The van der Waals surface area contributed by atoms with E-state index in [1.807, 2.05) is 6.07 Å². The molecule has 0 saturated carbocycles. The van der Waals surface area contributed by atoms with E-state index in [0.717, 1.165) is 25.3 Å². The fourth-order valence-electron chi connectivity index (χ4n) is 2.38. The second kappa shape index (κ2) is 4.37. The Labute approximate surface area is 91.4 Å². The Hall–Kier alpha value is -0.800. The van der Waals surface area contributed by atoms with E-state index >= 15 is 0 Å². The zero-order chi connectivity index (χ0) is 10.7. The van der Waals surface area contributed by atoms with E-state index in [-0.39, 0.29) is 5.54 Å². The number of nitrogens with zero attached hydrogens (tertiary/aromatic N) is 1. The highest BCUT2D eigenvalue weighted by Gasteiger charge is 2.35. The third-order valence-corrected chi connectivity index (χ3v) is 3.48. The van der Waals surface area contributed by atoms with E-state index in [1.54, 1.807) is 6.26 Å². The number of hydrogen-bond donors (Lipinski definition) is 1. The molecule has 1 aliphatic rings. The van der Waals surface area contributed by atoms with Gasteiger partial charge in [0, 0.05) is 18.5 Å². The van der Waals surface area contributed by atoms with Gasteiger partial charge in [-0.1, -0.05) is 0 Å². The van der Waals surface area contributed by atoms with Crippen molar-refractivity contribution in [2.24, 2.45) is 0 Å². The molecule has 1 atom stereocenters. The van der Waals surface area contributed by atoms with Crippen LogP contribution in [0.2, 0.25) is 0 Å². The third kappa shape index (κ3) is 2.24. The average molecular weight is 208 g/mol. The molecule has 1 aliphatic heterocycles. The van der Waals surface area contributed by atoms with Crippen molar-refractivity contribution in [1.29, 1.82) is 0 Å². The molecule has 1 aromatic heterocycles. The van der Waals surface area contributed by atoms with Crippen LogP contribution in [0.4, 0.5) is 0 Å². The van der Waals surface area contributed by atoms with Crippen molar-refractivity contribution in [2.75, 3.05) is 27.2 Å². The molecule has 2 heterocycles. The molecule has 1 N–H and O–H groups in total. The smallest absolute Gasteiger partial charge is 0.105 e. The summed E-state index contributed by atoms with van der Waals surface area (Å²) in [7, 11) is 4.33. The molecule has 0 aromatic carbocycles. The van der Waals surface area contributed by atoms with Gasteiger partial charge in [-0.2, -0.15) is 0 Å². The maximum Gasteiger partial charge on any atom is 0.105 e. The first-order chi connectivity index (χ1) is 7.23. The monoisotopic (exact) mass is 208 g/mol. The van der Waals surface area contributed by atoms with Gasteiger partial charge < -0.3 is 14.6 Å². The predicted octanol–water partition coefficient (Wildman–Crippen LogP) is 1.51. The number of hydrogen-bond acceptors (Lipinski definition) is 3. The van der Waals surface area contributed by atoms with Gasteiger partial charge in [-0.3, -0.25) is 0 Å². The zero-order valence-electron chi connectivity index (χ0n) is 9.62. The lowest BCUT2D eigenvalue weighted by atomic mass is 9.85. The predicted molar refractivity (Wildman–Crippen MR) is 60.9 cm³/mol. The number of likely N-dealkylation sites (N-methyl/N-ethyl adjacent to an activating group) is 1. The number of rotatable bonds is 3. The Bertz CT molecular complexity index is 287. The summed E-state index contributed by atoms with van der Waals surface area (Å²) in [5, 5.41) is 3.49. The number of nitrogens with one attached hydrogen (secondary N) is 1. The van der Waals surface area contributed by atoms with Crippen LogP contribution in [0.15, 0.2) is 22.8 Å². The van der Waals surface area contributed by atoms with Crippen molar-refractivity contribution in [2.45, 2.75) is 24.8 Å². The van der Waals surface area contributed by atoms with Crippen LogP contribution in [-0.2, 0) is 6.42 Å². The minimum atomic E-state index is 0.232. The molecule has 0 amide bonds. The van der Waals surface area contributed by atoms with E-state index in [9.17, 15) is 0 Å². The van der Waals surface area contributed by atoms with Crippen LogP contribution in [0, 0.1) is 0 Å². The highest BCUT2D eigenvalue weighted by atomic mass is 16.3. The van der Waals surface area contributed by atoms with Crippen LogP contribution in [0.3, 0.4) is 0 Å². The molecule has 0 radical (unpaired) electrons. The Morgan fingerprint density at radius 3 is 2.93 bits per heavy atom. The first-order valence-corrected chi connectivity index (χ1v) is 5.63. The Balaban J connectivity index is 2.11. The van der Waals surface area contributed by atoms with Crippen LogP contribution in [0.25, 0.3) is 0 Å². The average Bonchev–Trinajstić information content (AvgIpc) is 2.71. The molecule has 1 saturated heterocycles. The lowest BCUT2D eigenvalue weighted by Crippen LogP contribution is -2.56. The van der Waals surface area contributed by atoms with Crippen molar-refractivity contribution < 1.29 is 4.42 Å². The quantitative estimate of drug-likeness (QED) is 0.816. The largest absolute Gasteiger partial charge is 0.469 e. The van der Waals surface area contributed by atoms with E-state index in [2.05, 4.69) is 30.4 Å². The Morgan fingerprint density at radius 1 is 1.53 bits per heavy atom. The summed E-state index contributed by atoms with van der Waals surface area (Å²) in [5.74, 6) is 1.09. The number of furan rings is 1. The number of piperidine rings is 1. The second-order valence-corrected chi connectivity index (χ2v) is 4.66. The molecule has 84 valence electrons. The van der Waals surface area contributed by atoms with Gasteiger partial charge in [0.25, 0.3) is 0 Å². The highest BCUT2D eigenvalue weighted by molar-refractivity contribution is 5.07. The van der Waals surface area contributed by atoms with Gasteiger partial charge in [0.2, 0.25) is 0 Å². The summed E-state index contributed by atoms with van der Waals surface area (Å²) in [6.07, 6.45) is 5.25. The zero-order valence-corrected chi connectivity index (χ0v) is 9.62. The topological polar surface area (TPSA) is 28.4 Å². The summed E-state index contributed by atoms with van der Waals surface area (Å²) in [6, 6.07) is 4.04. The second-order valence-electron chi connectivity index (χ2n) is 4.66. The van der Waals surface area contributed by atoms with Crippen molar-refractivity contribution in [3.8, 4) is 0 Å². The summed E-state index contributed by atoms with van der Waals surface area (Å²) in [5.41, 5.74) is 0.232. The van der Waals surface area contributed by atoms with Crippen LogP contribution in [0.1, 0.15) is 18.6 Å². The van der Waals surface area contributed by atoms with Crippen LogP contribution < -0.4 is 5.32 Å². The Morgan fingerprint density at radius 2 is 2.40 bits per heavy atom. The lowest BCUT2D eigenvalue weighted by Gasteiger charge is -2.42. The third-order valence-electron chi connectivity index (χ3n) is 3.48. The van der Waals surface area contributed by atoms with Crippen molar-refractivity contribution in [3.05, 3.63) is 24.2 Å². The van der Waals surface area contributed by atoms with Crippen molar-refractivity contribution >= 4 is 0 Å². The summed E-state index contributed by atoms with van der Waals surface area (Å²) >= 11 is 0. The Kier molecular flexibility index (Phi) is 3.12. The van der Waals surface area contributed by atoms with Gasteiger partial charge >= 0.3 is 0 Å². The molecule has 3 heteroatoms. The van der Waals surface area contributed by atoms with Gasteiger partial charge in [0.05, 0.1) is 6.26 Å². The van der Waals surface area contributed by atoms with Gasteiger partial charge in [-0.05, 0) is 45.6 Å². The molecular weight excluding hydrogens is 188 g/mol. The van der Waals surface area contributed by atoms with Gasteiger partial charge in [0.15, 0.2) is 0 Å². The van der Waals surface area contributed by atoms with Crippen LogP contribution in [-0.4, -0.2) is 37.6 Å². The molecule has 2 rings (SSSR count). The van der Waals surface area contributed by atoms with E-state index in [4.69, 9.17) is 4.42 Å². The van der Waals surface area contributed by atoms with Crippen LogP contribution in [0.5, 0.6) is 0 Å². The fraction of sp³-hybridized carbons (Fsp3) is 0.667. The van der Waals surface area contributed by atoms with Crippen molar-refractivity contribution in [1.82, 2.24) is 10.2 Å². The van der Waals surface area contributed by atoms with Crippen LogP contribution >= 0.6 is 0 Å². The minimum Gasteiger partial charge on any atom is -0.469 e. The highest BCUT2D eigenvalue weighted by Crippen LogP contribution is 2.26. The SMILES string of the molecule is CN(C)C1(Cc2ccco2)CCCNC1. The maximum atomic E-state index is 5.46. The molecule has 1 fully saturated rings. The van der Waals surface area contributed by atoms with Gasteiger partial charge in [-0.15, -0.1) is 0 Å². The maximum absolute atomic E-state index is 5.46. The van der Waals surface area contributed by atoms with Crippen molar-refractivity contribution in [3.63, 3.8) is 0 Å². The normalized spacial score (nSPS) is 27.1. The first-order valence-electron chi connectivity index (χ1n) is 5.63. The molecule has 3 nitrogen and oxygen atoms in total. The molecular formula is C12H20N2O. The van der Waals surface area contributed by atoms with E-state index < -0.39 is 0 Å². The van der Waals surface area contributed by atoms with Gasteiger partial charge in [-0.25, -0.2) is 0 Å². The summed E-state index contributed by atoms with van der Waals surface area (Å²) in [4.78, 5) is 2.34. The lowest BCUT2D eigenvalue weighted by molar-refractivity contribution is 0.108. The molecule has 1 aromatic rings. The summed E-state index contributed by atoms with van der Waals surface area (Å²) < 4.78 is 5.46. The molecule has 0 spiro atoms.